The topological polar surface area (TPSA) is 0 Å². The monoisotopic (exact) mass is 386 g/mol. The first-order valence-corrected chi connectivity index (χ1v) is 10.7. The number of benzene rings is 5. The van der Waals surface area contributed by atoms with Gasteiger partial charge in [0.1, 0.15) is 0 Å². The molecule has 29 heavy (non-hydrogen) atoms. The van der Waals surface area contributed by atoms with Crippen molar-refractivity contribution in [2.24, 2.45) is 0 Å². The van der Waals surface area contributed by atoms with Gasteiger partial charge in [0.05, 0.1) is 0 Å². The van der Waals surface area contributed by atoms with Crippen molar-refractivity contribution >= 4 is 65.2 Å². The van der Waals surface area contributed by atoms with Crippen molar-refractivity contribution in [2.75, 3.05) is 0 Å². The van der Waals surface area contributed by atoms with Crippen LogP contribution in [-0.2, 0) is 0 Å². The lowest BCUT2D eigenvalue weighted by Crippen LogP contribution is -1.82. The zero-order chi connectivity index (χ0) is 19.2. The third-order valence-corrected chi connectivity index (χ3v) is 6.91. The van der Waals surface area contributed by atoms with Crippen LogP contribution in [-0.4, -0.2) is 0 Å². The highest BCUT2D eigenvalue weighted by Crippen LogP contribution is 2.37. The Morgan fingerprint density at radius 1 is 0.483 bits per heavy atom. The molecule has 1 aromatic heterocycles. The van der Waals surface area contributed by atoms with Crippen LogP contribution in [0.5, 0.6) is 0 Å². The summed E-state index contributed by atoms with van der Waals surface area (Å²) in [5.41, 5.74) is 2.54. The molecule has 0 aliphatic carbocycles. The van der Waals surface area contributed by atoms with Crippen LogP contribution in [0.4, 0.5) is 0 Å². The fourth-order valence-corrected chi connectivity index (χ4v) is 5.50. The van der Waals surface area contributed by atoms with Crippen LogP contribution in [0, 0.1) is 0 Å². The Morgan fingerprint density at radius 3 is 2.03 bits per heavy atom. The van der Waals surface area contributed by atoms with Gasteiger partial charge in [0.2, 0.25) is 0 Å². The summed E-state index contributed by atoms with van der Waals surface area (Å²) in [4.78, 5) is 0. The molecule has 0 spiro atoms. The number of rotatable bonds is 2. The molecule has 1 heterocycles. The second-order valence-corrected chi connectivity index (χ2v) is 8.44. The minimum atomic E-state index is 1.26. The van der Waals surface area contributed by atoms with E-state index in [1.807, 2.05) is 11.3 Å². The van der Waals surface area contributed by atoms with Gasteiger partial charge in [-0.15, -0.1) is 11.3 Å². The molecule has 0 nitrogen and oxygen atoms in total. The van der Waals surface area contributed by atoms with Crippen LogP contribution in [0.3, 0.4) is 0 Å². The molecule has 0 aliphatic heterocycles. The van der Waals surface area contributed by atoms with Gasteiger partial charge >= 0.3 is 0 Å². The summed E-state index contributed by atoms with van der Waals surface area (Å²) in [6.07, 6.45) is 4.54. The molecule has 0 atom stereocenters. The molecule has 0 aliphatic rings. The van der Waals surface area contributed by atoms with E-state index in [-0.39, 0.29) is 0 Å². The number of thiophene rings is 1. The van der Waals surface area contributed by atoms with E-state index in [0.29, 0.717) is 0 Å². The minimum Gasteiger partial charge on any atom is -0.135 e. The highest BCUT2D eigenvalue weighted by molar-refractivity contribution is 7.26. The molecule has 0 saturated carbocycles. The number of hydrogen-bond donors (Lipinski definition) is 0. The molecular formula is C28H18S. The molecular weight excluding hydrogens is 368 g/mol. The SMILES string of the molecule is C(=C\c1cccc2c1sc1ccccc12)/c1cc2ccccc2c2ccccc12. The summed E-state index contributed by atoms with van der Waals surface area (Å²) in [5, 5.41) is 7.89. The van der Waals surface area contributed by atoms with Crippen LogP contribution in [0.1, 0.15) is 11.1 Å². The second-order valence-electron chi connectivity index (χ2n) is 7.39. The van der Waals surface area contributed by atoms with Gasteiger partial charge in [-0.2, -0.15) is 0 Å². The van der Waals surface area contributed by atoms with E-state index in [1.54, 1.807) is 0 Å². The maximum absolute atomic E-state index is 2.30. The van der Waals surface area contributed by atoms with Crippen molar-refractivity contribution in [1.29, 1.82) is 0 Å². The number of fused-ring (bicyclic) bond motifs is 6. The average Bonchev–Trinajstić information content (AvgIpc) is 3.17. The first-order chi connectivity index (χ1) is 14.4. The summed E-state index contributed by atoms with van der Waals surface area (Å²) in [7, 11) is 0. The summed E-state index contributed by atoms with van der Waals surface area (Å²) < 4.78 is 2.70. The Kier molecular flexibility index (Phi) is 3.75. The third-order valence-electron chi connectivity index (χ3n) is 5.68. The normalized spacial score (nSPS) is 12.0. The summed E-state index contributed by atoms with van der Waals surface area (Å²) in [5.74, 6) is 0. The molecule has 0 N–H and O–H groups in total. The van der Waals surface area contributed by atoms with E-state index in [9.17, 15) is 0 Å². The zero-order valence-electron chi connectivity index (χ0n) is 15.8. The number of hydrogen-bond acceptors (Lipinski definition) is 1. The predicted octanol–water partition coefficient (Wildman–Crippen LogP) is 8.53. The molecule has 0 unspecified atom stereocenters. The first kappa shape index (κ1) is 16.5. The Bertz CT molecular complexity index is 1550. The van der Waals surface area contributed by atoms with Crippen molar-refractivity contribution < 1.29 is 0 Å². The Labute approximate surface area is 173 Å². The van der Waals surface area contributed by atoms with Crippen LogP contribution in [0.25, 0.3) is 53.9 Å². The largest absolute Gasteiger partial charge is 0.135 e. The minimum absolute atomic E-state index is 1.26. The van der Waals surface area contributed by atoms with Crippen LogP contribution in [0.15, 0.2) is 97.1 Å². The zero-order valence-corrected chi connectivity index (χ0v) is 16.6. The Balaban J connectivity index is 1.56. The van der Waals surface area contributed by atoms with Gasteiger partial charge in [0, 0.05) is 20.2 Å². The highest BCUT2D eigenvalue weighted by Gasteiger charge is 2.07. The lowest BCUT2D eigenvalue weighted by molar-refractivity contribution is 1.74. The molecule has 6 rings (SSSR count). The highest BCUT2D eigenvalue weighted by atomic mass is 32.1. The molecule has 0 bridgehead atoms. The molecule has 6 aromatic rings. The fourth-order valence-electron chi connectivity index (χ4n) is 4.30. The molecule has 136 valence electrons. The maximum atomic E-state index is 2.30. The molecule has 1 heteroatoms. The Morgan fingerprint density at radius 2 is 1.14 bits per heavy atom. The quantitative estimate of drug-likeness (QED) is 0.207. The summed E-state index contributed by atoms with van der Waals surface area (Å²) in [6.45, 7) is 0. The van der Waals surface area contributed by atoms with Crippen LogP contribution >= 0.6 is 11.3 Å². The predicted molar refractivity (Wildman–Crippen MR) is 130 cm³/mol. The van der Waals surface area contributed by atoms with Crippen molar-refractivity contribution in [2.45, 2.75) is 0 Å². The van der Waals surface area contributed by atoms with Gasteiger partial charge in [-0.25, -0.2) is 0 Å². The molecule has 0 saturated heterocycles. The molecule has 0 radical (unpaired) electrons. The van der Waals surface area contributed by atoms with Gasteiger partial charge in [0.25, 0.3) is 0 Å². The lowest BCUT2D eigenvalue weighted by Gasteiger charge is -2.08. The van der Waals surface area contributed by atoms with Crippen molar-refractivity contribution in [3.63, 3.8) is 0 Å². The molecule has 0 fully saturated rings. The van der Waals surface area contributed by atoms with E-state index >= 15 is 0 Å². The first-order valence-electron chi connectivity index (χ1n) is 9.87. The third kappa shape index (κ3) is 2.66. The van der Waals surface area contributed by atoms with Gasteiger partial charge < -0.3 is 0 Å². The van der Waals surface area contributed by atoms with E-state index in [2.05, 4.69) is 109 Å². The van der Waals surface area contributed by atoms with Gasteiger partial charge in [-0.1, -0.05) is 97.1 Å². The lowest BCUT2D eigenvalue weighted by atomic mass is 9.96. The second kappa shape index (κ2) is 6.58. The maximum Gasteiger partial charge on any atom is 0.0427 e. The Hall–Kier alpha value is -3.42. The molecule has 0 amide bonds. The summed E-state index contributed by atoms with van der Waals surface area (Å²) in [6, 6.07) is 34.9. The summed E-state index contributed by atoms with van der Waals surface area (Å²) >= 11 is 1.88. The van der Waals surface area contributed by atoms with Crippen LogP contribution in [0.2, 0.25) is 0 Å². The standard InChI is InChI=1S/C28H18S/c1-2-10-22-20(8-1)18-21(23-11-3-4-12-24(22)23)17-16-19-9-7-14-26-25-13-5-6-15-27(25)29-28(19)26/h1-18H/b17-16+. The van der Waals surface area contributed by atoms with E-state index < -0.39 is 0 Å². The van der Waals surface area contributed by atoms with E-state index in [1.165, 1.54) is 52.8 Å². The fraction of sp³-hybridized carbons (Fsp3) is 0. The van der Waals surface area contributed by atoms with Gasteiger partial charge in [-0.3, -0.25) is 0 Å². The van der Waals surface area contributed by atoms with Crippen LogP contribution < -0.4 is 0 Å². The van der Waals surface area contributed by atoms with Gasteiger partial charge in [0.15, 0.2) is 0 Å². The van der Waals surface area contributed by atoms with Gasteiger partial charge in [-0.05, 0) is 44.8 Å². The van der Waals surface area contributed by atoms with Crippen molar-refractivity contribution in [3.8, 4) is 0 Å². The van der Waals surface area contributed by atoms with E-state index in [0.717, 1.165) is 0 Å². The average molecular weight is 387 g/mol. The smallest absolute Gasteiger partial charge is 0.0427 e. The van der Waals surface area contributed by atoms with Crippen molar-refractivity contribution in [1.82, 2.24) is 0 Å². The van der Waals surface area contributed by atoms with E-state index in [4.69, 9.17) is 0 Å². The van der Waals surface area contributed by atoms with Crippen molar-refractivity contribution in [3.05, 3.63) is 108 Å². The molecule has 5 aromatic carbocycles.